The van der Waals surface area contributed by atoms with Gasteiger partial charge in [0.15, 0.2) is 0 Å². The van der Waals surface area contributed by atoms with Gasteiger partial charge in [0.05, 0.1) is 0 Å². The van der Waals surface area contributed by atoms with E-state index in [4.69, 9.17) is 5.11 Å². The molecule has 0 spiro atoms. The fourth-order valence-electron chi connectivity index (χ4n) is 2.03. The normalized spacial score (nSPS) is 25.4. The van der Waals surface area contributed by atoms with E-state index in [1.807, 2.05) is 13.8 Å². The van der Waals surface area contributed by atoms with Gasteiger partial charge in [-0.1, -0.05) is 13.8 Å². The maximum atomic E-state index is 12.4. The lowest BCUT2D eigenvalue weighted by Crippen LogP contribution is -2.43. The molecule has 0 aromatic carbocycles. The lowest BCUT2D eigenvalue weighted by molar-refractivity contribution is 0.0702. The average molecular weight is 321 g/mol. The monoisotopic (exact) mass is 321 g/mol. The highest BCUT2D eigenvalue weighted by Gasteiger charge is 2.33. The van der Waals surface area contributed by atoms with Gasteiger partial charge in [0, 0.05) is 23.6 Å². The molecule has 2 atom stereocenters. The Bertz CT molecular complexity index is 571. The molecule has 106 valence electrons. The predicted octanol–water partition coefficient (Wildman–Crippen LogP) is 1.96. The number of sulfonamides is 1. The molecule has 5 nitrogen and oxygen atoms in total. The van der Waals surface area contributed by atoms with Gasteiger partial charge in [-0.05, 0) is 12.1 Å². The van der Waals surface area contributed by atoms with Crippen molar-refractivity contribution in [1.82, 2.24) is 4.31 Å². The van der Waals surface area contributed by atoms with Crippen LogP contribution in [0, 0.1) is 0 Å². The third-order valence-corrected chi connectivity index (χ3v) is 7.37. The van der Waals surface area contributed by atoms with Gasteiger partial charge in [-0.2, -0.15) is 16.1 Å². The SMILES string of the molecule is CC1CN(S(=O)(=O)c2ccc(C(=O)O)s2)CC(C)S1. The molecule has 1 aromatic heterocycles. The van der Waals surface area contributed by atoms with Crippen LogP contribution in [0.5, 0.6) is 0 Å². The molecule has 1 saturated heterocycles. The molecule has 1 N–H and O–H groups in total. The number of thiophene rings is 1. The summed E-state index contributed by atoms with van der Waals surface area (Å²) in [6.07, 6.45) is 0. The quantitative estimate of drug-likeness (QED) is 0.921. The number of hydrogen-bond acceptors (Lipinski definition) is 5. The zero-order chi connectivity index (χ0) is 14.2. The Labute approximate surface area is 120 Å². The number of carbonyl (C=O) groups is 1. The van der Waals surface area contributed by atoms with E-state index >= 15 is 0 Å². The number of nitrogens with zero attached hydrogens (tertiary/aromatic N) is 1. The predicted molar refractivity (Wildman–Crippen MR) is 76.6 cm³/mol. The first-order chi connectivity index (χ1) is 8.80. The molecule has 1 aromatic rings. The van der Waals surface area contributed by atoms with Gasteiger partial charge in [-0.3, -0.25) is 0 Å². The molecule has 0 amide bonds. The first kappa shape index (κ1) is 14.8. The van der Waals surface area contributed by atoms with E-state index in [1.165, 1.54) is 16.4 Å². The van der Waals surface area contributed by atoms with Gasteiger partial charge in [0.1, 0.15) is 9.09 Å². The molecule has 1 fully saturated rings. The Kier molecular flexibility index (Phi) is 4.24. The van der Waals surface area contributed by atoms with Crippen LogP contribution in [0.4, 0.5) is 0 Å². The number of aromatic carboxylic acids is 1. The molecule has 1 aliphatic rings. The molecule has 19 heavy (non-hydrogen) atoms. The second kappa shape index (κ2) is 5.43. The molecule has 2 rings (SSSR count). The smallest absolute Gasteiger partial charge is 0.345 e. The molecule has 2 unspecified atom stereocenters. The molecule has 0 aliphatic carbocycles. The lowest BCUT2D eigenvalue weighted by atomic mass is 10.4. The lowest BCUT2D eigenvalue weighted by Gasteiger charge is -2.33. The Morgan fingerprint density at radius 2 is 1.89 bits per heavy atom. The number of carboxylic acid groups (broad SMARTS) is 1. The molecule has 0 saturated carbocycles. The van der Waals surface area contributed by atoms with Gasteiger partial charge in [0.2, 0.25) is 0 Å². The largest absolute Gasteiger partial charge is 0.477 e. The van der Waals surface area contributed by atoms with Crippen molar-refractivity contribution in [1.29, 1.82) is 0 Å². The Balaban J connectivity index is 2.28. The Morgan fingerprint density at radius 1 is 1.32 bits per heavy atom. The summed E-state index contributed by atoms with van der Waals surface area (Å²) in [6, 6.07) is 2.71. The van der Waals surface area contributed by atoms with E-state index in [2.05, 4.69) is 0 Å². The molecule has 0 bridgehead atoms. The zero-order valence-corrected chi connectivity index (χ0v) is 13.0. The highest BCUT2D eigenvalue weighted by Crippen LogP contribution is 2.31. The first-order valence-corrected chi connectivity index (χ1v) is 8.99. The van der Waals surface area contributed by atoms with E-state index in [0.29, 0.717) is 13.1 Å². The highest BCUT2D eigenvalue weighted by molar-refractivity contribution is 8.00. The third-order valence-electron chi connectivity index (χ3n) is 2.77. The van der Waals surface area contributed by atoms with Gasteiger partial charge in [-0.15, -0.1) is 11.3 Å². The van der Waals surface area contributed by atoms with Crippen molar-refractivity contribution >= 4 is 39.1 Å². The van der Waals surface area contributed by atoms with Crippen molar-refractivity contribution in [3.05, 3.63) is 17.0 Å². The van der Waals surface area contributed by atoms with Gasteiger partial charge >= 0.3 is 5.97 Å². The number of hydrogen-bond donors (Lipinski definition) is 1. The van der Waals surface area contributed by atoms with E-state index in [9.17, 15) is 13.2 Å². The summed E-state index contributed by atoms with van der Waals surface area (Å²) in [5.41, 5.74) is 0. The minimum absolute atomic E-state index is 0.0473. The van der Waals surface area contributed by atoms with Crippen molar-refractivity contribution < 1.29 is 18.3 Å². The van der Waals surface area contributed by atoms with Crippen LogP contribution in [0.1, 0.15) is 23.5 Å². The molecule has 2 heterocycles. The maximum Gasteiger partial charge on any atom is 0.345 e. The molecule has 8 heteroatoms. The van der Waals surface area contributed by atoms with Gasteiger partial charge < -0.3 is 5.11 Å². The molecular formula is C11H15NO4S3. The average Bonchev–Trinajstić information content (AvgIpc) is 2.77. The molecule has 0 radical (unpaired) electrons. The summed E-state index contributed by atoms with van der Waals surface area (Å²) < 4.78 is 26.5. The molecular weight excluding hydrogens is 306 g/mol. The second-order valence-corrected chi connectivity index (χ2v) is 9.63. The van der Waals surface area contributed by atoms with Crippen LogP contribution in [-0.4, -0.2) is 47.4 Å². The summed E-state index contributed by atoms with van der Waals surface area (Å²) in [6.45, 7) is 4.94. The summed E-state index contributed by atoms with van der Waals surface area (Å²) >= 11 is 2.58. The standard InChI is InChI=1S/C11H15NO4S3/c1-7-5-12(6-8(2)17-7)19(15,16)10-4-3-9(18-10)11(13)14/h3-4,7-8H,5-6H2,1-2H3,(H,13,14). The zero-order valence-electron chi connectivity index (χ0n) is 10.6. The van der Waals surface area contributed by atoms with Crippen molar-refractivity contribution in [2.75, 3.05) is 13.1 Å². The molecule has 1 aliphatic heterocycles. The van der Waals surface area contributed by atoms with Crippen molar-refractivity contribution in [2.45, 2.75) is 28.6 Å². The van der Waals surface area contributed by atoms with Crippen LogP contribution in [0.15, 0.2) is 16.3 Å². The van der Waals surface area contributed by atoms with E-state index in [-0.39, 0.29) is 19.6 Å². The summed E-state index contributed by atoms with van der Waals surface area (Å²) in [5, 5.41) is 9.35. The van der Waals surface area contributed by atoms with Crippen LogP contribution in [-0.2, 0) is 10.0 Å². The highest BCUT2D eigenvalue weighted by atomic mass is 32.2. The Morgan fingerprint density at radius 3 is 2.37 bits per heavy atom. The van der Waals surface area contributed by atoms with Gasteiger partial charge in [-0.25, -0.2) is 13.2 Å². The van der Waals surface area contributed by atoms with E-state index in [1.54, 1.807) is 11.8 Å². The summed E-state index contributed by atoms with van der Waals surface area (Å²) in [4.78, 5) is 10.9. The van der Waals surface area contributed by atoms with Crippen LogP contribution < -0.4 is 0 Å². The second-order valence-electron chi connectivity index (χ2n) is 4.50. The van der Waals surface area contributed by atoms with E-state index in [0.717, 1.165) is 11.3 Å². The van der Waals surface area contributed by atoms with Crippen LogP contribution in [0.3, 0.4) is 0 Å². The maximum absolute atomic E-state index is 12.4. The van der Waals surface area contributed by atoms with Crippen molar-refractivity contribution in [3.63, 3.8) is 0 Å². The number of thioether (sulfide) groups is 1. The van der Waals surface area contributed by atoms with Crippen molar-refractivity contribution in [2.24, 2.45) is 0 Å². The summed E-state index contributed by atoms with van der Waals surface area (Å²) in [5.74, 6) is -1.10. The van der Waals surface area contributed by atoms with E-state index < -0.39 is 16.0 Å². The Hall–Kier alpha value is -0.570. The fraction of sp³-hybridized carbons (Fsp3) is 0.545. The van der Waals surface area contributed by atoms with Crippen molar-refractivity contribution in [3.8, 4) is 0 Å². The van der Waals surface area contributed by atoms with Gasteiger partial charge in [0.25, 0.3) is 10.0 Å². The first-order valence-electron chi connectivity index (χ1n) is 5.79. The fourth-order valence-corrected chi connectivity index (χ4v) is 6.46. The number of carboxylic acids is 1. The minimum Gasteiger partial charge on any atom is -0.477 e. The minimum atomic E-state index is -3.57. The number of rotatable bonds is 3. The topological polar surface area (TPSA) is 74.7 Å². The van der Waals surface area contributed by atoms with Crippen LogP contribution >= 0.6 is 23.1 Å². The van der Waals surface area contributed by atoms with Crippen LogP contribution in [0.2, 0.25) is 0 Å². The third kappa shape index (κ3) is 3.13. The van der Waals surface area contributed by atoms with Crippen LogP contribution in [0.25, 0.3) is 0 Å². The summed E-state index contributed by atoms with van der Waals surface area (Å²) in [7, 11) is -3.57.